The Bertz CT molecular complexity index is 394. The molecule has 1 aromatic carbocycles. The van der Waals surface area contributed by atoms with Crippen molar-refractivity contribution in [3.8, 4) is 0 Å². The van der Waals surface area contributed by atoms with Gasteiger partial charge in [-0.2, -0.15) is 0 Å². The van der Waals surface area contributed by atoms with Crippen molar-refractivity contribution in [1.29, 1.82) is 0 Å². The van der Waals surface area contributed by atoms with Crippen molar-refractivity contribution >= 4 is 0 Å². The van der Waals surface area contributed by atoms with Crippen molar-refractivity contribution < 1.29 is 14.6 Å². The number of nitrogens with one attached hydrogen (secondary N) is 1. The molecule has 4 heteroatoms. The van der Waals surface area contributed by atoms with Crippen LogP contribution in [0, 0.1) is 0 Å². The molecule has 0 saturated carbocycles. The summed E-state index contributed by atoms with van der Waals surface area (Å²) < 4.78 is 11.2. The molecule has 0 aliphatic carbocycles. The SMILES string of the molecule is CCNC(CO)(COCCC(C)(C)OC)c1ccccc1. The number of hydrogen-bond donors (Lipinski definition) is 2. The third-order valence-electron chi connectivity index (χ3n) is 3.86. The van der Waals surface area contributed by atoms with E-state index in [0.29, 0.717) is 13.2 Å². The van der Waals surface area contributed by atoms with Gasteiger partial charge in [0, 0.05) is 13.7 Å². The summed E-state index contributed by atoms with van der Waals surface area (Å²) in [6.07, 6.45) is 0.811. The van der Waals surface area contributed by atoms with Crippen LogP contribution in [0.2, 0.25) is 0 Å². The van der Waals surface area contributed by atoms with Crippen molar-refractivity contribution in [1.82, 2.24) is 5.32 Å². The summed E-state index contributed by atoms with van der Waals surface area (Å²) in [7, 11) is 1.71. The summed E-state index contributed by atoms with van der Waals surface area (Å²) in [6.45, 7) is 7.90. The number of ether oxygens (including phenoxy) is 2. The average molecular weight is 295 g/mol. The lowest BCUT2D eigenvalue weighted by atomic mass is 9.91. The third kappa shape index (κ3) is 5.40. The molecule has 1 unspecified atom stereocenters. The molecule has 120 valence electrons. The van der Waals surface area contributed by atoms with E-state index in [1.807, 2.05) is 51.1 Å². The molecule has 0 aromatic heterocycles. The lowest BCUT2D eigenvalue weighted by molar-refractivity contribution is -0.0253. The Balaban J connectivity index is 2.67. The minimum atomic E-state index is -0.548. The Morgan fingerprint density at radius 2 is 1.86 bits per heavy atom. The second kappa shape index (κ2) is 8.49. The van der Waals surface area contributed by atoms with Gasteiger partial charge in [-0.05, 0) is 32.4 Å². The van der Waals surface area contributed by atoms with Crippen LogP contribution >= 0.6 is 0 Å². The summed E-state index contributed by atoms with van der Waals surface area (Å²) in [4.78, 5) is 0. The van der Waals surface area contributed by atoms with Crippen molar-refractivity contribution in [2.24, 2.45) is 0 Å². The maximum absolute atomic E-state index is 9.90. The fourth-order valence-corrected chi connectivity index (χ4v) is 2.19. The van der Waals surface area contributed by atoms with Crippen LogP contribution in [0.1, 0.15) is 32.8 Å². The molecule has 0 aliphatic rings. The van der Waals surface area contributed by atoms with E-state index in [-0.39, 0.29) is 12.2 Å². The molecule has 1 rings (SSSR count). The number of methoxy groups -OCH3 is 1. The molecule has 21 heavy (non-hydrogen) atoms. The van der Waals surface area contributed by atoms with Gasteiger partial charge in [-0.3, -0.25) is 0 Å². The van der Waals surface area contributed by atoms with Crippen molar-refractivity contribution in [3.63, 3.8) is 0 Å². The topological polar surface area (TPSA) is 50.7 Å². The van der Waals surface area contributed by atoms with E-state index in [4.69, 9.17) is 9.47 Å². The lowest BCUT2D eigenvalue weighted by Gasteiger charge is -2.33. The summed E-state index contributed by atoms with van der Waals surface area (Å²) >= 11 is 0. The normalized spacial score (nSPS) is 14.9. The van der Waals surface area contributed by atoms with Crippen LogP contribution in [0.25, 0.3) is 0 Å². The zero-order valence-corrected chi connectivity index (χ0v) is 13.7. The van der Waals surface area contributed by atoms with E-state index in [9.17, 15) is 5.11 Å². The van der Waals surface area contributed by atoms with Crippen LogP contribution in [0.15, 0.2) is 30.3 Å². The summed E-state index contributed by atoms with van der Waals surface area (Å²) in [6, 6.07) is 9.96. The third-order valence-corrected chi connectivity index (χ3v) is 3.86. The van der Waals surface area contributed by atoms with E-state index < -0.39 is 5.54 Å². The molecule has 0 fully saturated rings. The van der Waals surface area contributed by atoms with Crippen LogP contribution in [0.4, 0.5) is 0 Å². The van der Waals surface area contributed by atoms with Gasteiger partial charge in [0.2, 0.25) is 0 Å². The summed E-state index contributed by atoms with van der Waals surface area (Å²) in [5.41, 5.74) is 0.306. The standard InChI is InChI=1S/C17H29NO3/c1-5-18-17(13-19,15-9-7-6-8-10-15)14-21-12-11-16(2,3)20-4/h6-10,18-19H,5,11-14H2,1-4H3. The van der Waals surface area contributed by atoms with Crippen LogP contribution in [-0.4, -0.2) is 44.2 Å². The van der Waals surface area contributed by atoms with E-state index in [2.05, 4.69) is 5.32 Å². The highest BCUT2D eigenvalue weighted by molar-refractivity contribution is 5.25. The molecule has 1 atom stereocenters. The maximum atomic E-state index is 9.90. The molecule has 0 heterocycles. The minimum absolute atomic E-state index is 0.00146. The van der Waals surface area contributed by atoms with Crippen LogP contribution in [0.3, 0.4) is 0 Å². The predicted molar refractivity (Wildman–Crippen MR) is 85.4 cm³/mol. The zero-order chi connectivity index (χ0) is 15.8. The molecule has 0 aliphatic heterocycles. The quantitative estimate of drug-likeness (QED) is 0.650. The Morgan fingerprint density at radius 1 is 1.19 bits per heavy atom. The molecule has 1 aromatic rings. The van der Waals surface area contributed by atoms with E-state index >= 15 is 0 Å². The van der Waals surface area contributed by atoms with E-state index in [0.717, 1.165) is 18.5 Å². The van der Waals surface area contributed by atoms with Gasteiger partial charge in [-0.25, -0.2) is 0 Å². The second-order valence-electron chi connectivity index (χ2n) is 5.90. The zero-order valence-electron chi connectivity index (χ0n) is 13.7. The first-order chi connectivity index (χ1) is 9.99. The number of likely N-dealkylation sites (N-methyl/N-ethyl adjacent to an activating group) is 1. The Morgan fingerprint density at radius 3 is 2.38 bits per heavy atom. The van der Waals surface area contributed by atoms with Gasteiger partial charge in [0.1, 0.15) is 0 Å². The minimum Gasteiger partial charge on any atom is -0.394 e. The molecule has 0 amide bonds. The monoisotopic (exact) mass is 295 g/mol. The van der Waals surface area contributed by atoms with Gasteiger partial charge in [0.25, 0.3) is 0 Å². The van der Waals surface area contributed by atoms with Crippen molar-refractivity contribution in [2.45, 2.75) is 38.3 Å². The summed E-state index contributed by atoms with van der Waals surface area (Å²) in [5, 5.41) is 13.3. The van der Waals surface area contributed by atoms with Crippen LogP contribution < -0.4 is 5.32 Å². The maximum Gasteiger partial charge on any atom is 0.0905 e. The molecule has 4 nitrogen and oxygen atoms in total. The smallest absolute Gasteiger partial charge is 0.0905 e. The van der Waals surface area contributed by atoms with Crippen molar-refractivity contribution in [2.75, 3.05) is 33.5 Å². The lowest BCUT2D eigenvalue weighted by Crippen LogP contribution is -2.49. The fourth-order valence-electron chi connectivity index (χ4n) is 2.19. The molecule has 0 bridgehead atoms. The molecule has 0 spiro atoms. The number of rotatable bonds is 10. The molecule has 0 saturated heterocycles. The Labute approximate surface area is 128 Å². The first kappa shape index (κ1) is 18.1. The van der Waals surface area contributed by atoms with Gasteiger partial charge < -0.3 is 19.9 Å². The molecular weight excluding hydrogens is 266 g/mol. The fraction of sp³-hybridized carbons (Fsp3) is 0.647. The average Bonchev–Trinajstić information content (AvgIpc) is 2.51. The first-order valence-corrected chi connectivity index (χ1v) is 7.54. The Hall–Kier alpha value is -0.940. The van der Waals surface area contributed by atoms with E-state index in [1.54, 1.807) is 7.11 Å². The number of aliphatic hydroxyl groups excluding tert-OH is 1. The number of benzene rings is 1. The predicted octanol–water partition coefficient (Wildman–Crippen LogP) is 2.32. The Kier molecular flexibility index (Phi) is 7.32. The van der Waals surface area contributed by atoms with Gasteiger partial charge >= 0.3 is 0 Å². The van der Waals surface area contributed by atoms with Crippen LogP contribution in [-0.2, 0) is 15.0 Å². The highest BCUT2D eigenvalue weighted by Gasteiger charge is 2.31. The molecule has 0 radical (unpaired) electrons. The number of aliphatic hydroxyl groups is 1. The summed E-state index contributed by atoms with van der Waals surface area (Å²) in [5.74, 6) is 0. The van der Waals surface area contributed by atoms with Gasteiger partial charge in [0.15, 0.2) is 0 Å². The van der Waals surface area contributed by atoms with Gasteiger partial charge in [-0.1, -0.05) is 37.3 Å². The molecule has 2 N–H and O–H groups in total. The highest BCUT2D eigenvalue weighted by atomic mass is 16.5. The van der Waals surface area contributed by atoms with Crippen LogP contribution in [0.5, 0.6) is 0 Å². The largest absolute Gasteiger partial charge is 0.394 e. The first-order valence-electron chi connectivity index (χ1n) is 7.54. The van der Waals surface area contributed by atoms with Gasteiger partial charge in [0.05, 0.1) is 24.4 Å². The van der Waals surface area contributed by atoms with Crippen molar-refractivity contribution in [3.05, 3.63) is 35.9 Å². The highest BCUT2D eigenvalue weighted by Crippen LogP contribution is 2.22. The molecular formula is C17H29NO3. The van der Waals surface area contributed by atoms with E-state index in [1.165, 1.54) is 0 Å². The number of hydrogen-bond acceptors (Lipinski definition) is 4. The van der Waals surface area contributed by atoms with Gasteiger partial charge in [-0.15, -0.1) is 0 Å². The second-order valence-corrected chi connectivity index (χ2v) is 5.90.